The zero-order chi connectivity index (χ0) is 14.5. The highest BCUT2D eigenvalue weighted by Crippen LogP contribution is 2.27. The Hall–Kier alpha value is -1.26. The first kappa shape index (κ1) is 15.1. The monoisotopic (exact) mass is 296 g/mol. The largest absolute Gasteiger partial charge is 0.395 e. The van der Waals surface area contributed by atoms with Gasteiger partial charge >= 0.3 is 0 Å². The van der Waals surface area contributed by atoms with E-state index in [0.717, 1.165) is 17.9 Å². The van der Waals surface area contributed by atoms with Gasteiger partial charge in [-0.15, -0.1) is 11.6 Å². The average Bonchev–Trinajstić information content (AvgIpc) is 2.86. The van der Waals surface area contributed by atoms with E-state index < -0.39 is 0 Å². The first-order chi connectivity index (χ1) is 9.69. The molecule has 0 radical (unpaired) electrons. The van der Waals surface area contributed by atoms with Crippen LogP contribution in [0.15, 0.2) is 24.3 Å². The minimum atomic E-state index is 0.137. The summed E-state index contributed by atoms with van der Waals surface area (Å²) < 4.78 is 0. The Kier molecular flexibility index (Phi) is 5.26. The molecule has 1 amide bonds. The van der Waals surface area contributed by atoms with Crippen molar-refractivity contribution in [1.29, 1.82) is 0 Å². The van der Waals surface area contributed by atoms with Gasteiger partial charge in [0.1, 0.15) is 0 Å². The summed E-state index contributed by atoms with van der Waals surface area (Å²) in [6.45, 7) is 4.36. The van der Waals surface area contributed by atoms with Crippen molar-refractivity contribution >= 4 is 28.9 Å². The van der Waals surface area contributed by atoms with Crippen LogP contribution in [0.5, 0.6) is 0 Å². The van der Waals surface area contributed by atoms with Crippen LogP contribution in [-0.4, -0.2) is 43.1 Å². The molecule has 1 aromatic rings. The van der Waals surface area contributed by atoms with Crippen LogP contribution in [0.1, 0.15) is 13.3 Å². The summed E-state index contributed by atoms with van der Waals surface area (Å²) in [5, 5.41) is 9.04. The van der Waals surface area contributed by atoms with E-state index >= 15 is 0 Å². The van der Waals surface area contributed by atoms with Crippen LogP contribution in [0, 0.1) is 5.92 Å². The lowest BCUT2D eigenvalue weighted by atomic mass is 10.1. The molecule has 2 rings (SSSR count). The van der Waals surface area contributed by atoms with Gasteiger partial charge in [0.25, 0.3) is 0 Å². The predicted molar refractivity (Wildman–Crippen MR) is 82.6 cm³/mol. The zero-order valence-electron chi connectivity index (χ0n) is 11.8. The standard InChI is InChI=1S/C15H21ClN2O2/c1-2-17(7-8-19)13-3-5-14(6-4-13)18-11-12(10-16)9-15(18)20/h3-6,12,19H,2,7-11H2,1H3. The van der Waals surface area contributed by atoms with Crippen LogP contribution >= 0.6 is 11.6 Å². The van der Waals surface area contributed by atoms with E-state index in [4.69, 9.17) is 16.7 Å². The zero-order valence-corrected chi connectivity index (χ0v) is 12.5. The molecule has 1 fully saturated rings. The Labute approximate surface area is 124 Å². The smallest absolute Gasteiger partial charge is 0.227 e. The van der Waals surface area contributed by atoms with Gasteiger partial charge in [-0.25, -0.2) is 0 Å². The van der Waals surface area contributed by atoms with Crippen molar-refractivity contribution in [3.8, 4) is 0 Å². The first-order valence-corrected chi connectivity index (χ1v) is 7.55. The molecule has 0 aliphatic carbocycles. The summed E-state index contributed by atoms with van der Waals surface area (Å²) in [5.41, 5.74) is 1.98. The number of likely N-dealkylation sites (N-methyl/N-ethyl adjacent to an activating group) is 1. The second-order valence-electron chi connectivity index (χ2n) is 5.05. The first-order valence-electron chi connectivity index (χ1n) is 7.01. The number of anilines is 2. The van der Waals surface area contributed by atoms with E-state index in [-0.39, 0.29) is 18.4 Å². The third kappa shape index (κ3) is 3.25. The predicted octanol–water partition coefficient (Wildman–Crippen LogP) is 2.10. The van der Waals surface area contributed by atoms with Crippen molar-refractivity contribution in [2.75, 3.05) is 41.9 Å². The van der Waals surface area contributed by atoms with Gasteiger partial charge in [-0.1, -0.05) is 0 Å². The summed E-state index contributed by atoms with van der Waals surface area (Å²) >= 11 is 5.84. The molecule has 4 nitrogen and oxygen atoms in total. The number of aliphatic hydroxyl groups is 1. The number of rotatable bonds is 6. The van der Waals surface area contributed by atoms with Crippen LogP contribution in [0.3, 0.4) is 0 Å². The maximum absolute atomic E-state index is 11.9. The van der Waals surface area contributed by atoms with E-state index in [9.17, 15) is 4.79 Å². The molecule has 1 N–H and O–H groups in total. The maximum atomic E-state index is 11.9. The molecule has 1 aliphatic heterocycles. The highest BCUT2D eigenvalue weighted by atomic mass is 35.5. The van der Waals surface area contributed by atoms with Crippen molar-refractivity contribution in [2.24, 2.45) is 5.92 Å². The lowest BCUT2D eigenvalue weighted by Crippen LogP contribution is -2.27. The number of amides is 1. The fourth-order valence-electron chi connectivity index (χ4n) is 2.57. The minimum Gasteiger partial charge on any atom is -0.395 e. The summed E-state index contributed by atoms with van der Waals surface area (Å²) in [5.74, 6) is 0.928. The average molecular weight is 297 g/mol. The summed E-state index contributed by atoms with van der Waals surface area (Å²) in [7, 11) is 0. The lowest BCUT2D eigenvalue weighted by molar-refractivity contribution is -0.117. The SMILES string of the molecule is CCN(CCO)c1ccc(N2CC(CCl)CC2=O)cc1. The number of nitrogens with zero attached hydrogens (tertiary/aromatic N) is 2. The fourth-order valence-corrected chi connectivity index (χ4v) is 2.78. The molecule has 20 heavy (non-hydrogen) atoms. The molecule has 0 spiro atoms. The molecule has 1 aromatic carbocycles. The highest BCUT2D eigenvalue weighted by molar-refractivity contribution is 6.18. The van der Waals surface area contributed by atoms with Crippen LogP contribution in [-0.2, 0) is 4.79 Å². The van der Waals surface area contributed by atoms with Crippen molar-refractivity contribution in [3.05, 3.63) is 24.3 Å². The molecule has 1 aliphatic rings. The Morgan fingerprint density at radius 3 is 2.60 bits per heavy atom. The second kappa shape index (κ2) is 6.95. The number of aliphatic hydroxyl groups excluding tert-OH is 1. The van der Waals surface area contributed by atoms with Gasteiger partial charge in [-0.05, 0) is 37.1 Å². The molecule has 1 heterocycles. The third-order valence-corrected chi connectivity index (χ3v) is 4.14. The number of hydrogen-bond donors (Lipinski definition) is 1. The van der Waals surface area contributed by atoms with Crippen molar-refractivity contribution in [1.82, 2.24) is 0 Å². The van der Waals surface area contributed by atoms with Crippen LogP contribution in [0.4, 0.5) is 11.4 Å². The van der Waals surface area contributed by atoms with Gasteiger partial charge in [-0.3, -0.25) is 4.79 Å². The quantitative estimate of drug-likeness (QED) is 0.818. The van der Waals surface area contributed by atoms with Gasteiger partial charge in [0.2, 0.25) is 5.91 Å². The Bertz CT molecular complexity index is 450. The Balaban J connectivity index is 2.10. The molecule has 1 atom stereocenters. The van der Waals surface area contributed by atoms with Crippen molar-refractivity contribution in [2.45, 2.75) is 13.3 Å². The normalized spacial score (nSPS) is 18.6. The molecule has 0 bridgehead atoms. The molecule has 110 valence electrons. The van der Waals surface area contributed by atoms with E-state index in [2.05, 4.69) is 11.8 Å². The second-order valence-corrected chi connectivity index (χ2v) is 5.36. The summed E-state index contributed by atoms with van der Waals surface area (Å²) in [6.07, 6.45) is 0.539. The van der Waals surface area contributed by atoms with Gasteiger partial charge in [0.15, 0.2) is 0 Å². The van der Waals surface area contributed by atoms with E-state index in [1.165, 1.54) is 0 Å². The molecular weight excluding hydrogens is 276 g/mol. The molecule has 5 heteroatoms. The summed E-state index contributed by atoms with van der Waals surface area (Å²) in [4.78, 5) is 15.8. The van der Waals surface area contributed by atoms with Gasteiger partial charge in [0, 0.05) is 43.3 Å². The summed E-state index contributed by atoms with van der Waals surface area (Å²) in [6, 6.07) is 7.92. The van der Waals surface area contributed by atoms with Gasteiger partial charge in [0.05, 0.1) is 6.61 Å². The lowest BCUT2D eigenvalue weighted by Gasteiger charge is -2.23. The Morgan fingerprint density at radius 1 is 1.40 bits per heavy atom. The van der Waals surface area contributed by atoms with Gasteiger partial charge < -0.3 is 14.9 Å². The molecule has 1 unspecified atom stereocenters. The third-order valence-electron chi connectivity index (χ3n) is 3.70. The molecule has 0 saturated carbocycles. The number of carbonyl (C=O) groups excluding carboxylic acids is 1. The highest BCUT2D eigenvalue weighted by Gasteiger charge is 2.29. The number of hydrogen-bond acceptors (Lipinski definition) is 3. The van der Waals surface area contributed by atoms with Crippen LogP contribution in [0.25, 0.3) is 0 Å². The topological polar surface area (TPSA) is 43.8 Å². The van der Waals surface area contributed by atoms with Gasteiger partial charge in [-0.2, -0.15) is 0 Å². The minimum absolute atomic E-state index is 0.137. The number of halogens is 1. The van der Waals surface area contributed by atoms with Crippen LogP contribution in [0.2, 0.25) is 0 Å². The molecule has 0 aromatic heterocycles. The van der Waals surface area contributed by atoms with Crippen LogP contribution < -0.4 is 9.80 Å². The maximum Gasteiger partial charge on any atom is 0.227 e. The number of benzene rings is 1. The van der Waals surface area contributed by atoms with E-state index in [1.807, 2.05) is 24.3 Å². The van der Waals surface area contributed by atoms with Crippen molar-refractivity contribution in [3.63, 3.8) is 0 Å². The fraction of sp³-hybridized carbons (Fsp3) is 0.533. The number of carbonyl (C=O) groups is 1. The van der Waals surface area contributed by atoms with Crippen molar-refractivity contribution < 1.29 is 9.90 Å². The Morgan fingerprint density at radius 2 is 2.10 bits per heavy atom. The van der Waals surface area contributed by atoms with E-state index in [1.54, 1.807) is 4.90 Å². The van der Waals surface area contributed by atoms with E-state index in [0.29, 0.717) is 25.4 Å². The molecular formula is C15H21ClN2O2. The molecule has 1 saturated heterocycles. The number of alkyl halides is 1.